The fourth-order valence-electron chi connectivity index (χ4n) is 7.30. The second kappa shape index (κ2) is 11.6. The van der Waals surface area contributed by atoms with E-state index in [9.17, 15) is 29.7 Å². The summed E-state index contributed by atoms with van der Waals surface area (Å²) in [5.74, 6) is -1.12. The number of carbonyl (C=O) groups is 4. The molecule has 0 fully saturated rings. The van der Waals surface area contributed by atoms with Crippen LogP contribution in [-0.4, -0.2) is 33.1 Å². The minimum absolute atomic E-state index is 0.00521. The van der Waals surface area contributed by atoms with Crippen molar-refractivity contribution in [2.45, 2.75) is 38.9 Å². The molecule has 56 heavy (non-hydrogen) atoms. The number of Topliss-reactive ketones (excluding diaryl/α,β-unsaturated/α-hetero) is 4. The van der Waals surface area contributed by atoms with E-state index in [1.165, 1.54) is 59.1 Å². The lowest BCUT2D eigenvalue weighted by atomic mass is 9.92. The number of thiazole rings is 2. The van der Waals surface area contributed by atoms with Gasteiger partial charge in [-0.25, -0.2) is 9.97 Å². The minimum atomic E-state index is -0.931. The van der Waals surface area contributed by atoms with Gasteiger partial charge in [-0.15, -0.1) is 22.7 Å². The summed E-state index contributed by atoms with van der Waals surface area (Å²) in [5.41, 5.74) is 0.823. The summed E-state index contributed by atoms with van der Waals surface area (Å²) < 4.78 is 13.1. The maximum Gasteiger partial charge on any atom is 0.197 e. The Kier molecular flexibility index (Phi) is 7.11. The van der Waals surface area contributed by atoms with Crippen LogP contribution in [0.3, 0.4) is 0 Å². The van der Waals surface area contributed by atoms with E-state index in [0.29, 0.717) is 44.0 Å². The number of benzene rings is 3. The van der Waals surface area contributed by atoms with Crippen molar-refractivity contribution in [1.29, 1.82) is 10.5 Å². The first-order valence-electron chi connectivity index (χ1n) is 16.8. The van der Waals surface area contributed by atoms with Crippen LogP contribution in [0.1, 0.15) is 102 Å². The van der Waals surface area contributed by atoms with E-state index in [1.807, 2.05) is 52.0 Å². The van der Waals surface area contributed by atoms with E-state index < -0.39 is 34.3 Å². The zero-order valence-electron chi connectivity index (χ0n) is 29.6. The SMILES string of the molecule is [C-]#[N+]c1cc2c(cc1[N+]#[C-])C(=O)C(=Cc1nc3c(s1)-c1cc4c(cc1OC3(C)C)-c1sc(C=C3C(=O)c5cc(C#N)c(C#N)cc5C3=O)nc1C(C)(C)O4)C2=O. The molecule has 3 aromatic carbocycles. The van der Waals surface area contributed by atoms with Gasteiger partial charge < -0.3 is 9.47 Å². The van der Waals surface area contributed by atoms with Crippen LogP contribution in [0.2, 0.25) is 0 Å². The molecule has 2 aromatic heterocycles. The van der Waals surface area contributed by atoms with Crippen LogP contribution in [0.4, 0.5) is 11.4 Å². The summed E-state index contributed by atoms with van der Waals surface area (Å²) in [6.45, 7) is 22.2. The summed E-state index contributed by atoms with van der Waals surface area (Å²) in [7, 11) is 0. The molecule has 2 aliphatic carbocycles. The van der Waals surface area contributed by atoms with E-state index in [4.69, 9.17) is 32.6 Å². The van der Waals surface area contributed by atoms with E-state index >= 15 is 0 Å². The maximum absolute atomic E-state index is 13.4. The van der Waals surface area contributed by atoms with Gasteiger partial charge in [-0.3, -0.25) is 28.9 Å². The standard InChI is InChI=1S/C42H20N6O6S2/c1-41(2)39-37(55-31(47-39)13-25-33(49)19-7-17(15-43)18(16-44)8-20(19)34(25)50)23-11-30-24(12-29(23)53-41)38-40(42(3,4)54-30)48-32(56-38)14-26-35(51)21-9-27(45-5)28(46-6)10-22(21)36(26)52/h7-14H,1-4H3. The molecule has 0 atom stereocenters. The average molecular weight is 769 g/mol. The predicted octanol–water partition coefficient (Wildman–Crippen LogP) is 8.96. The van der Waals surface area contributed by atoms with Crippen molar-refractivity contribution in [2.24, 2.45) is 0 Å². The molecule has 4 aliphatic rings. The summed E-state index contributed by atoms with van der Waals surface area (Å²) in [4.78, 5) is 71.4. The van der Waals surface area contributed by atoms with Crippen molar-refractivity contribution < 1.29 is 28.7 Å². The normalized spacial score (nSPS) is 16.1. The summed E-state index contributed by atoms with van der Waals surface area (Å²) >= 11 is 2.56. The van der Waals surface area contributed by atoms with E-state index in [1.54, 1.807) is 0 Å². The molecule has 0 radical (unpaired) electrons. The highest BCUT2D eigenvalue weighted by Crippen LogP contribution is 2.55. The Labute approximate surface area is 325 Å². The van der Waals surface area contributed by atoms with Gasteiger partial charge in [-0.05, 0) is 64.1 Å². The highest BCUT2D eigenvalue weighted by atomic mass is 32.1. The Morgan fingerprint density at radius 3 is 1.30 bits per heavy atom. The second-order valence-corrected chi connectivity index (χ2v) is 16.3. The number of nitriles is 2. The zero-order chi connectivity index (χ0) is 39.6. The number of ketones is 4. The Bertz CT molecular complexity index is 2740. The molecule has 0 saturated carbocycles. The summed E-state index contributed by atoms with van der Waals surface area (Å²) in [5, 5.41) is 19.7. The molecule has 0 saturated heterocycles. The molecule has 14 heteroatoms. The number of allylic oxidation sites excluding steroid dienone is 2. The largest absolute Gasteiger partial charge is 0.481 e. The quantitative estimate of drug-likeness (QED) is 0.0960. The molecule has 0 bridgehead atoms. The minimum Gasteiger partial charge on any atom is -0.481 e. The van der Waals surface area contributed by atoms with Crippen molar-refractivity contribution >= 4 is 69.3 Å². The number of carbonyl (C=O) groups excluding carboxylic acids is 4. The van der Waals surface area contributed by atoms with Crippen LogP contribution in [0.25, 0.3) is 42.7 Å². The Balaban J connectivity index is 1.10. The van der Waals surface area contributed by atoms with Gasteiger partial charge in [0.25, 0.3) is 0 Å². The van der Waals surface area contributed by atoms with Crippen LogP contribution in [0.15, 0.2) is 47.5 Å². The van der Waals surface area contributed by atoms with Gasteiger partial charge in [0.1, 0.15) is 56.2 Å². The molecule has 5 aromatic rings. The highest BCUT2D eigenvalue weighted by Gasteiger charge is 2.42. The molecule has 266 valence electrons. The third kappa shape index (κ3) is 4.77. The van der Waals surface area contributed by atoms with Crippen LogP contribution in [0, 0.1) is 35.8 Å². The maximum atomic E-state index is 13.4. The number of hydrogen-bond donors (Lipinski definition) is 0. The molecule has 0 N–H and O–H groups in total. The van der Waals surface area contributed by atoms with Gasteiger partial charge in [0.05, 0.1) is 45.2 Å². The number of fused-ring (bicyclic) bond motifs is 8. The summed E-state index contributed by atoms with van der Waals surface area (Å²) in [6, 6.07) is 12.7. The smallest absolute Gasteiger partial charge is 0.197 e. The molecular formula is C42H20N6O6S2. The Hall–Kier alpha value is -7.36. The lowest BCUT2D eigenvalue weighted by Crippen LogP contribution is -2.31. The number of ether oxygens (including phenoxy) is 2. The second-order valence-electron chi connectivity index (χ2n) is 14.2. The molecule has 0 unspecified atom stereocenters. The number of nitrogens with zero attached hydrogens (tertiary/aromatic N) is 6. The predicted molar refractivity (Wildman–Crippen MR) is 204 cm³/mol. The van der Waals surface area contributed by atoms with Crippen LogP contribution in [-0.2, 0) is 11.2 Å². The first-order valence-corrected chi connectivity index (χ1v) is 18.4. The van der Waals surface area contributed by atoms with Crippen molar-refractivity contribution in [3.05, 3.63) is 125 Å². The van der Waals surface area contributed by atoms with Crippen molar-refractivity contribution in [1.82, 2.24) is 9.97 Å². The Morgan fingerprint density at radius 2 is 0.964 bits per heavy atom. The molecule has 0 spiro atoms. The molecule has 2 aliphatic heterocycles. The van der Waals surface area contributed by atoms with Crippen LogP contribution < -0.4 is 9.47 Å². The molecule has 9 rings (SSSR count). The first kappa shape index (κ1) is 34.4. The fraction of sp³-hybridized carbons (Fsp3) is 0.143. The lowest BCUT2D eigenvalue weighted by molar-refractivity contribution is 0.0955. The zero-order valence-corrected chi connectivity index (χ0v) is 31.2. The van der Waals surface area contributed by atoms with E-state index in [-0.39, 0.29) is 55.9 Å². The third-order valence-corrected chi connectivity index (χ3v) is 12.0. The molecular weight excluding hydrogens is 749 g/mol. The van der Waals surface area contributed by atoms with Gasteiger partial charge in [-0.1, -0.05) is 12.1 Å². The van der Waals surface area contributed by atoms with Crippen molar-refractivity contribution in [2.75, 3.05) is 0 Å². The van der Waals surface area contributed by atoms with Crippen molar-refractivity contribution in [3.63, 3.8) is 0 Å². The van der Waals surface area contributed by atoms with E-state index in [0.717, 1.165) is 9.75 Å². The third-order valence-electron chi connectivity index (χ3n) is 9.98. The van der Waals surface area contributed by atoms with E-state index in [2.05, 4.69) is 9.69 Å². The highest BCUT2D eigenvalue weighted by molar-refractivity contribution is 7.16. The number of aromatic nitrogens is 2. The van der Waals surface area contributed by atoms with Gasteiger partial charge in [0.15, 0.2) is 34.5 Å². The average Bonchev–Trinajstić information content (AvgIpc) is 3.92. The van der Waals surface area contributed by atoms with Gasteiger partial charge in [0, 0.05) is 33.4 Å². The summed E-state index contributed by atoms with van der Waals surface area (Å²) in [6.07, 6.45) is 2.88. The lowest BCUT2D eigenvalue weighted by Gasteiger charge is -2.35. The molecule has 12 nitrogen and oxygen atoms in total. The topological polar surface area (TPSA) is 169 Å². The van der Waals surface area contributed by atoms with Gasteiger partial charge in [-0.2, -0.15) is 10.5 Å². The van der Waals surface area contributed by atoms with Gasteiger partial charge >= 0.3 is 0 Å². The monoisotopic (exact) mass is 768 g/mol. The van der Waals surface area contributed by atoms with Gasteiger partial charge in [0.2, 0.25) is 0 Å². The fourth-order valence-corrected chi connectivity index (χ4v) is 9.66. The van der Waals surface area contributed by atoms with Crippen LogP contribution >= 0.6 is 22.7 Å². The first-order chi connectivity index (χ1) is 26.7. The number of hydrogen-bond acceptors (Lipinski definition) is 12. The van der Waals surface area contributed by atoms with Crippen LogP contribution in [0.5, 0.6) is 11.5 Å². The molecule has 4 heterocycles. The number of rotatable bonds is 2. The Morgan fingerprint density at radius 1 is 0.607 bits per heavy atom. The molecule has 0 amide bonds. The van der Waals surface area contributed by atoms with Crippen molar-refractivity contribution in [3.8, 4) is 44.5 Å².